The summed E-state index contributed by atoms with van der Waals surface area (Å²) in [6.45, 7) is 0. The third-order valence-corrected chi connectivity index (χ3v) is 2.13. The number of hydrogen-bond acceptors (Lipinski definition) is 4. The zero-order valence-corrected chi connectivity index (χ0v) is 9.61. The molecule has 0 bridgehead atoms. The number of hydrogen-bond donors (Lipinski definition) is 2. The molecule has 4 nitrogen and oxygen atoms in total. The lowest BCUT2D eigenvalue weighted by Gasteiger charge is -2.11. The third-order valence-electron chi connectivity index (χ3n) is 2.13. The molecule has 0 unspecified atom stereocenters. The summed E-state index contributed by atoms with van der Waals surface area (Å²) in [7, 11) is 0. The Labute approximate surface area is 107 Å². The molecule has 0 aliphatic carbocycles. The maximum atomic E-state index is 12.1. The Morgan fingerprint density at radius 1 is 1.16 bits per heavy atom. The molecule has 0 aliphatic heterocycles. The van der Waals surface area contributed by atoms with Crippen molar-refractivity contribution in [2.45, 2.75) is 6.36 Å². The van der Waals surface area contributed by atoms with Crippen LogP contribution in [0.1, 0.15) is 0 Å². The molecule has 0 saturated heterocycles. The van der Waals surface area contributed by atoms with E-state index in [1.54, 1.807) is 18.2 Å². The first-order chi connectivity index (χ1) is 8.92. The molecular formula is C12H10F3N3O. The third kappa shape index (κ3) is 4.06. The van der Waals surface area contributed by atoms with Crippen molar-refractivity contribution in [3.8, 4) is 5.75 Å². The van der Waals surface area contributed by atoms with E-state index >= 15 is 0 Å². The van der Waals surface area contributed by atoms with E-state index in [1.165, 1.54) is 24.4 Å². The minimum Gasteiger partial charge on any atom is -0.406 e. The van der Waals surface area contributed by atoms with Crippen molar-refractivity contribution in [1.29, 1.82) is 0 Å². The highest BCUT2D eigenvalue weighted by molar-refractivity contribution is 5.59. The largest absolute Gasteiger partial charge is 0.573 e. The van der Waals surface area contributed by atoms with Gasteiger partial charge in [-0.25, -0.2) is 4.98 Å². The summed E-state index contributed by atoms with van der Waals surface area (Å²) in [5.41, 5.74) is 6.41. The Kier molecular flexibility index (Phi) is 3.46. The number of benzene rings is 1. The first-order valence-corrected chi connectivity index (χ1v) is 5.27. The summed E-state index contributed by atoms with van der Waals surface area (Å²) >= 11 is 0. The van der Waals surface area contributed by atoms with Crippen LogP contribution in [-0.4, -0.2) is 11.3 Å². The van der Waals surface area contributed by atoms with Crippen LogP contribution >= 0.6 is 0 Å². The average molecular weight is 269 g/mol. The number of nitrogens with zero attached hydrogens (tertiary/aromatic N) is 1. The van der Waals surface area contributed by atoms with Crippen LogP contribution in [0.15, 0.2) is 42.6 Å². The second kappa shape index (κ2) is 5.05. The van der Waals surface area contributed by atoms with Crippen LogP contribution in [0.3, 0.4) is 0 Å². The van der Waals surface area contributed by atoms with Gasteiger partial charge in [-0.1, -0.05) is 6.07 Å². The molecule has 7 heteroatoms. The van der Waals surface area contributed by atoms with Crippen molar-refractivity contribution in [1.82, 2.24) is 4.98 Å². The quantitative estimate of drug-likeness (QED) is 0.897. The fraction of sp³-hybridized carbons (Fsp3) is 0.0833. The monoisotopic (exact) mass is 269 g/mol. The summed E-state index contributed by atoms with van der Waals surface area (Å²) in [6, 6.07) is 8.74. The second-order valence-electron chi connectivity index (χ2n) is 3.68. The standard InChI is InChI=1S/C12H10F3N3O/c13-12(14,15)19-10-3-1-2-9(6-10)18-11-5-4-8(16)7-17-11/h1-7H,16H2,(H,17,18). The molecule has 100 valence electrons. The summed E-state index contributed by atoms with van der Waals surface area (Å²) in [5, 5.41) is 2.84. The van der Waals surface area contributed by atoms with Gasteiger partial charge in [-0.2, -0.15) is 0 Å². The van der Waals surface area contributed by atoms with Crippen LogP contribution in [0.2, 0.25) is 0 Å². The number of nitrogen functional groups attached to an aromatic ring is 1. The van der Waals surface area contributed by atoms with E-state index in [4.69, 9.17) is 5.73 Å². The highest BCUT2D eigenvalue weighted by Gasteiger charge is 2.31. The van der Waals surface area contributed by atoms with E-state index in [2.05, 4.69) is 15.0 Å². The number of nitrogens with two attached hydrogens (primary N) is 1. The Balaban J connectivity index is 2.13. The normalized spacial score (nSPS) is 11.1. The van der Waals surface area contributed by atoms with Crippen molar-refractivity contribution in [2.75, 3.05) is 11.1 Å². The number of alkyl halides is 3. The molecule has 0 amide bonds. The first kappa shape index (κ1) is 13.0. The summed E-state index contributed by atoms with van der Waals surface area (Å²) < 4.78 is 40.0. The van der Waals surface area contributed by atoms with Gasteiger partial charge in [0.2, 0.25) is 0 Å². The Bertz CT molecular complexity index is 555. The van der Waals surface area contributed by atoms with Crippen molar-refractivity contribution in [3.63, 3.8) is 0 Å². The molecular weight excluding hydrogens is 259 g/mol. The molecule has 1 aromatic heterocycles. The zero-order valence-electron chi connectivity index (χ0n) is 9.61. The van der Waals surface area contributed by atoms with E-state index in [-0.39, 0.29) is 5.75 Å². The van der Waals surface area contributed by atoms with Gasteiger partial charge in [0.15, 0.2) is 0 Å². The maximum absolute atomic E-state index is 12.1. The molecule has 0 fully saturated rings. The SMILES string of the molecule is Nc1ccc(Nc2cccc(OC(F)(F)F)c2)nc1. The molecule has 19 heavy (non-hydrogen) atoms. The van der Waals surface area contributed by atoms with Gasteiger partial charge in [0, 0.05) is 11.8 Å². The minimum atomic E-state index is -4.71. The van der Waals surface area contributed by atoms with Gasteiger partial charge in [-0.3, -0.25) is 0 Å². The van der Waals surface area contributed by atoms with Crippen LogP contribution < -0.4 is 15.8 Å². The van der Waals surface area contributed by atoms with Crippen LogP contribution in [0.25, 0.3) is 0 Å². The van der Waals surface area contributed by atoms with E-state index in [0.717, 1.165) is 0 Å². The van der Waals surface area contributed by atoms with Crippen LogP contribution in [0, 0.1) is 0 Å². The fourth-order valence-corrected chi connectivity index (χ4v) is 1.40. The lowest BCUT2D eigenvalue weighted by atomic mass is 10.3. The summed E-state index contributed by atoms with van der Waals surface area (Å²) in [5.74, 6) is 0.173. The van der Waals surface area contributed by atoms with Gasteiger partial charge in [0.25, 0.3) is 0 Å². The van der Waals surface area contributed by atoms with Crippen LogP contribution in [-0.2, 0) is 0 Å². The van der Waals surface area contributed by atoms with E-state index < -0.39 is 6.36 Å². The van der Waals surface area contributed by atoms with Gasteiger partial charge >= 0.3 is 6.36 Å². The molecule has 0 radical (unpaired) electrons. The van der Waals surface area contributed by atoms with Crippen molar-refractivity contribution < 1.29 is 17.9 Å². The maximum Gasteiger partial charge on any atom is 0.573 e. The molecule has 2 aromatic rings. The van der Waals surface area contributed by atoms with Gasteiger partial charge in [0.1, 0.15) is 11.6 Å². The molecule has 3 N–H and O–H groups in total. The number of ether oxygens (including phenoxy) is 1. The lowest BCUT2D eigenvalue weighted by molar-refractivity contribution is -0.274. The molecule has 0 saturated carbocycles. The smallest absolute Gasteiger partial charge is 0.406 e. The van der Waals surface area contributed by atoms with Crippen molar-refractivity contribution in [2.24, 2.45) is 0 Å². The number of rotatable bonds is 3. The lowest BCUT2D eigenvalue weighted by Crippen LogP contribution is -2.17. The van der Waals surface area contributed by atoms with Crippen molar-refractivity contribution >= 4 is 17.2 Å². The number of aromatic nitrogens is 1. The van der Waals surface area contributed by atoms with E-state index in [0.29, 0.717) is 17.2 Å². The Hall–Kier alpha value is -2.44. The predicted molar refractivity (Wildman–Crippen MR) is 65.1 cm³/mol. The minimum absolute atomic E-state index is 0.298. The summed E-state index contributed by atoms with van der Waals surface area (Å²) in [4.78, 5) is 3.98. The summed E-state index contributed by atoms with van der Waals surface area (Å²) in [6.07, 6.45) is -3.27. The van der Waals surface area contributed by atoms with Gasteiger partial charge in [0.05, 0.1) is 11.9 Å². The topological polar surface area (TPSA) is 60.2 Å². The number of halogens is 3. The van der Waals surface area contributed by atoms with Gasteiger partial charge < -0.3 is 15.8 Å². The highest BCUT2D eigenvalue weighted by Crippen LogP contribution is 2.26. The fourth-order valence-electron chi connectivity index (χ4n) is 1.40. The first-order valence-electron chi connectivity index (χ1n) is 5.27. The van der Waals surface area contributed by atoms with Crippen LogP contribution in [0.5, 0.6) is 5.75 Å². The number of nitrogens with one attached hydrogen (secondary N) is 1. The zero-order chi connectivity index (χ0) is 13.9. The number of pyridine rings is 1. The van der Waals surface area contributed by atoms with E-state index in [1.807, 2.05) is 0 Å². The average Bonchev–Trinajstić information content (AvgIpc) is 2.30. The molecule has 1 heterocycles. The highest BCUT2D eigenvalue weighted by atomic mass is 19.4. The molecule has 2 rings (SSSR count). The number of anilines is 3. The van der Waals surface area contributed by atoms with Gasteiger partial charge in [-0.15, -0.1) is 13.2 Å². The Morgan fingerprint density at radius 2 is 1.95 bits per heavy atom. The van der Waals surface area contributed by atoms with Crippen molar-refractivity contribution in [3.05, 3.63) is 42.6 Å². The molecule has 0 aliphatic rings. The molecule has 1 aromatic carbocycles. The van der Waals surface area contributed by atoms with Crippen LogP contribution in [0.4, 0.5) is 30.4 Å². The van der Waals surface area contributed by atoms with Gasteiger partial charge in [-0.05, 0) is 24.3 Å². The molecule has 0 spiro atoms. The van der Waals surface area contributed by atoms with E-state index in [9.17, 15) is 13.2 Å². The second-order valence-corrected chi connectivity index (χ2v) is 3.68. The molecule has 0 atom stereocenters. The Morgan fingerprint density at radius 3 is 2.58 bits per heavy atom. The predicted octanol–water partition coefficient (Wildman–Crippen LogP) is 3.31.